The van der Waals surface area contributed by atoms with Gasteiger partial charge in [-0.25, -0.2) is 0 Å². The number of nitrogens with one attached hydrogen (secondary N) is 2. The summed E-state index contributed by atoms with van der Waals surface area (Å²) in [6, 6.07) is 11.9. The molecule has 150 valence electrons. The summed E-state index contributed by atoms with van der Waals surface area (Å²) in [7, 11) is 0. The Balaban J connectivity index is 1.87. The molecule has 1 atom stereocenters. The number of alkyl halides is 3. The molecule has 0 unspecified atom stereocenters. The molecule has 0 aliphatic rings. The molecule has 0 spiro atoms. The van der Waals surface area contributed by atoms with Gasteiger partial charge in [0.15, 0.2) is 0 Å². The number of benzene rings is 2. The average Bonchev–Trinajstić information content (AvgIpc) is 2.66. The van der Waals surface area contributed by atoms with E-state index in [9.17, 15) is 28.1 Å². The number of anilines is 1. The lowest BCUT2D eigenvalue weighted by Gasteiger charge is -2.13. The maximum absolute atomic E-state index is 12.7. The molecule has 9 heteroatoms. The zero-order chi connectivity index (χ0) is 20.7. The van der Waals surface area contributed by atoms with Crippen molar-refractivity contribution in [3.05, 3.63) is 69.8 Å². The highest BCUT2D eigenvalue weighted by molar-refractivity contribution is 5.76. The predicted octanol–water partition coefficient (Wildman–Crippen LogP) is 4.34. The van der Waals surface area contributed by atoms with Crippen LogP contribution in [0.3, 0.4) is 0 Å². The number of nitro benzene ring substituents is 1. The highest BCUT2D eigenvalue weighted by Gasteiger charge is 2.33. The standard InChI is InChI=1S/C19H20F3N3O3/c1-13(14-5-3-2-4-6-14)12-24-18(26)9-10-23-16-8-7-15(19(20,21)22)11-17(16)25(27)28/h2-8,11,13,23H,9-10,12H2,1H3,(H,24,26)/t13-/m0/s1. The van der Waals surface area contributed by atoms with E-state index in [1.807, 2.05) is 37.3 Å². The van der Waals surface area contributed by atoms with Crippen LogP contribution in [0.5, 0.6) is 0 Å². The fourth-order valence-corrected chi connectivity index (χ4v) is 2.57. The molecule has 2 aromatic rings. The lowest BCUT2D eigenvalue weighted by molar-refractivity contribution is -0.384. The van der Waals surface area contributed by atoms with Gasteiger partial charge in [0.25, 0.3) is 5.69 Å². The lowest BCUT2D eigenvalue weighted by atomic mass is 10.0. The lowest BCUT2D eigenvalue weighted by Crippen LogP contribution is -2.29. The van der Waals surface area contributed by atoms with E-state index >= 15 is 0 Å². The maximum atomic E-state index is 12.7. The van der Waals surface area contributed by atoms with Crippen molar-refractivity contribution in [3.8, 4) is 0 Å². The first kappa shape index (κ1) is 21.2. The zero-order valence-corrected chi connectivity index (χ0v) is 15.1. The summed E-state index contributed by atoms with van der Waals surface area (Å²) in [5.41, 5.74) is -0.768. The van der Waals surface area contributed by atoms with Gasteiger partial charge >= 0.3 is 6.18 Å². The van der Waals surface area contributed by atoms with Crippen molar-refractivity contribution in [2.24, 2.45) is 0 Å². The molecule has 0 bridgehead atoms. The Hall–Kier alpha value is -3.10. The molecule has 0 heterocycles. The van der Waals surface area contributed by atoms with Gasteiger partial charge in [-0.15, -0.1) is 0 Å². The average molecular weight is 395 g/mol. The van der Waals surface area contributed by atoms with Crippen LogP contribution < -0.4 is 10.6 Å². The van der Waals surface area contributed by atoms with E-state index in [4.69, 9.17) is 0 Å². The van der Waals surface area contributed by atoms with Crippen LogP contribution in [0.2, 0.25) is 0 Å². The van der Waals surface area contributed by atoms with Crippen molar-refractivity contribution < 1.29 is 22.9 Å². The molecule has 0 aliphatic carbocycles. The summed E-state index contributed by atoms with van der Waals surface area (Å²) >= 11 is 0. The molecular weight excluding hydrogens is 375 g/mol. The number of carbonyl (C=O) groups excluding carboxylic acids is 1. The maximum Gasteiger partial charge on any atom is 0.416 e. The first-order chi connectivity index (χ1) is 13.2. The molecule has 6 nitrogen and oxygen atoms in total. The third-order valence-electron chi connectivity index (χ3n) is 4.16. The van der Waals surface area contributed by atoms with Gasteiger partial charge in [0.05, 0.1) is 10.5 Å². The number of carbonyl (C=O) groups is 1. The molecule has 0 saturated heterocycles. The van der Waals surface area contributed by atoms with Gasteiger partial charge in [0.2, 0.25) is 5.91 Å². The third-order valence-corrected chi connectivity index (χ3v) is 4.16. The highest BCUT2D eigenvalue weighted by atomic mass is 19.4. The Morgan fingerprint density at radius 2 is 1.86 bits per heavy atom. The van der Waals surface area contributed by atoms with Crippen LogP contribution in [0, 0.1) is 10.1 Å². The minimum Gasteiger partial charge on any atom is -0.379 e. The molecule has 0 radical (unpaired) electrons. The van der Waals surface area contributed by atoms with Crippen LogP contribution in [-0.2, 0) is 11.0 Å². The van der Waals surface area contributed by atoms with Gasteiger partial charge in [0, 0.05) is 25.6 Å². The Morgan fingerprint density at radius 3 is 2.46 bits per heavy atom. The number of hydrogen-bond donors (Lipinski definition) is 2. The molecule has 2 rings (SSSR count). The Kier molecular flexibility index (Phi) is 6.97. The van der Waals surface area contributed by atoms with E-state index in [0.29, 0.717) is 12.6 Å². The van der Waals surface area contributed by atoms with Crippen molar-refractivity contribution in [2.45, 2.75) is 25.4 Å². The van der Waals surface area contributed by atoms with Crippen molar-refractivity contribution >= 4 is 17.3 Å². The number of rotatable bonds is 8. The number of amides is 1. The van der Waals surface area contributed by atoms with Crippen LogP contribution >= 0.6 is 0 Å². The summed E-state index contributed by atoms with van der Waals surface area (Å²) in [6.07, 6.45) is -4.64. The second kappa shape index (κ2) is 9.20. The van der Waals surface area contributed by atoms with Gasteiger partial charge in [-0.3, -0.25) is 14.9 Å². The number of nitro groups is 1. The van der Waals surface area contributed by atoms with Crippen LogP contribution in [0.25, 0.3) is 0 Å². The summed E-state index contributed by atoms with van der Waals surface area (Å²) in [6.45, 7) is 2.46. The van der Waals surface area contributed by atoms with Crippen molar-refractivity contribution in [3.63, 3.8) is 0 Å². The summed E-state index contributed by atoms with van der Waals surface area (Å²) < 4.78 is 38.1. The second-order valence-electron chi connectivity index (χ2n) is 6.28. The SMILES string of the molecule is C[C@@H](CNC(=O)CCNc1ccc(C(F)(F)F)cc1[N+](=O)[O-])c1ccccc1. The normalized spacial score (nSPS) is 12.3. The fraction of sp³-hybridized carbons (Fsp3) is 0.316. The second-order valence-corrected chi connectivity index (χ2v) is 6.28. The molecule has 1 amide bonds. The molecule has 0 aromatic heterocycles. The van der Waals surface area contributed by atoms with Crippen LogP contribution in [0.4, 0.5) is 24.5 Å². The monoisotopic (exact) mass is 395 g/mol. The minimum atomic E-state index is -4.67. The summed E-state index contributed by atoms with van der Waals surface area (Å²) in [5, 5.41) is 16.5. The molecule has 0 aliphatic heterocycles. The zero-order valence-electron chi connectivity index (χ0n) is 15.1. The van der Waals surface area contributed by atoms with Crippen molar-refractivity contribution in [1.82, 2.24) is 5.32 Å². The molecular formula is C19H20F3N3O3. The Labute approximate surface area is 159 Å². The minimum absolute atomic E-state index is 0.0275. The molecule has 0 fully saturated rings. The van der Waals surface area contributed by atoms with Crippen molar-refractivity contribution in [1.29, 1.82) is 0 Å². The van der Waals surface area contributed by atoms with E-state index in [-0.39, 0.29) is 30.5 Å². The quantitative estimate of drug-likeness (QED) is 0.515. The van der Waals surface area contributed by atoms with Gasteiger partial charge in [-0.05, 0) is 23.6 Å². The molecule has 2 aromatic carbocycles. The van der Waals surface area contributed by atoms with Crippen LogP contribution in [0.15, 0.2) is 48.5 Å². The van der Waals surface area contributed by atoms with Gasteiger partial charge in [-0.1, -0.05) is 37.3 Å². The van der Waals surface area contributed by atoms with E-state index < -0.39 is 22.4 Å². The van der Waals surface area contributed by atoms with Gasteiger partial charge < -0.3 is 10.6 Å². The van der Waals surface area contributed by atoms with Crippen molar-refractivity contribution in [2.75, 3.05) is 18.4 Å². The predicted molar refractivity (Wildman–Crippen MR) is 99.1 cm³/mol. The van der Waals surface area contributed by atoms with E-state index in [1.165, 1.54) is 0 Å². The smallest absolute Gasteiger partial charge is 0.379 e. The first-order valence-electron chi connectivity index (χ1n) is 8.59. The Morgan fingerprint density at radius 1 is 1.18 bits per heavy atom. The topological polar surface area (TPSA) is 84.3 Å². The van der Waals surface area contributed by atoms with Gasteiger partial charge in [0.1, 0.15) is 5.69 Å². The molecule has 2 N–H and O–H groups in total. The molecule has 28 heavy (non-hydrogen) atoms. The largest absolute Gasteiger partial charge is 0.416 e. The first-order valence-corrected chi connectivity index (χ1v) is 8.59. The molecule has 0 saturated carbocycles. The van der Waals surface area contributed by atoms with E-state index in [1.54, 1.807) is 0 Å². The third kappa shape index (κ3) is 5.97. The number of hydrogen-bond acceptors (Lipinski definition) is 4. The summed E-state index contributed by atoms with van der Waals surface area (Å²) in [4.78, 5) is 22.1. The highest BCUT2D eigenvalue weighted by Crippen LogP contribution is 2.34. The Bertz CT molecular complexity index is 826. The number of halogens is 3. The van der Waals surface area contributed by atoms with Crippen LogP contribution in [-0.4, -0.2) is 23.9 Å². The van der Waals surface area contributed by atoms with Crippen LogP contribution in [0.1, 0.15) is 30.4 Å². The van der Waals surface area contributed by atoms with E-state index in [2.05, 4.69) is 10.6 Å². The number of nitrogens with zero attached hydrogens (tertiary/aromatic N) is 1. The summed E-state index contributed by atoms with van der Waals surface area (Å²) in [5.74, 6) is -0.140. The fourth-order valence-electron chi connectivity index (χ4n) is 2.57. The van der Waals surface area contributed by atoms with Gasteiger partial charge in [-0.2, -0.15) is 13.2 Å². The van der Waals surface area contributed by atoms with E-state index in [0.717, 1.165) is 17.7 Å².